The quantitative estimate of drug-likeness (QED) is 0.821. The van der Waals surface area contributed by atoms with Crippen molar-refractivity contribution in [2.24, 2.45) is 0 Å². The summed E-state index contributed by atoms with van der Waals surface area (Å²) in [6.45, 7) is 0.300. The Hall–Kier alpha value is -1.27. The zero-order valence-electron chi connectivity index (χ0n) is 9.99. The summed E-state index contributed by atoms with van der Waals surface area (Å²) in [5, 5.41) is 1.88. The molecule has 0 radical (unpaired) electrons. The molecule has 0 aliphatic heterocycles. The van der Waals surface area contributed by atoms with Crippen LogP contribution in [0.25, 0.3) is 0 Å². The van der Waals surface area contributed by atoms with Gasteiger partial charge < -0.3 is 4.90 Å². The minimum absolute atomic E-state index is 0.300. The van der Waals surface area contributed by atoms with Crippen LogP contribution in [-0.4, -0.2) is 17.9 Å². The molecule has 0 saturated heterocycles. The molecule has 2 aromatic rings. The molecule has 2 nitrogen and oxygen atoms in total. The number of carbonyl (C=O) groups is 1. The van der Waals surface area contributed by atoms with E-state index < -0.39 is 23.1 Å². The van der Waals surface area contributed by atoms with Crippen LogP contribution in [0.3, 0.4) is 0 Å². The predicted molar refractivity (Wildman–Crippen MR) is 74.2 cm³/mol. The Bertz CT molecular complexity index is 594. The van der Waals surface area contributed by atoms with E-state index in [2.05, 4.69) is 15.9 Å². The molecule has 19 heavy (non-hydrogen) atoms. The molecule has 0 N–H and O–H groups in total. The highest BCUT2D eigenvalue weighted by atomic mass is 79.9. The van der Waals surface area contributed by atoms with Crippen molar-refractivity contribution in [1.29, 1.82) is 0 Å². The lowest BCUT2D eigenvalue weighted by Crippen LogP contribution is -2.27. The molecule has 6 heteroatoms. The lowest BCUT2D eigenvalue weighted by atomic mass is 10.1. The number of benzene rings is 1. The van der Waals surface area contributed by atoms with Crippen LogP contribution in [0.15, 0.2) is 33.4 Å². The second-order valence-electron chi connectivity index (χ2n) is 4.02. The van der Waals surface area contributed by atoms with Gasteiger partial charge in [-0.15, -0.1) is 11.3 Å². The fraction of sp³-hybridized carbons (Fsp3) is 0.154. The topological polar surface area (TPSA) is 20.3 Å². The van der Waals surface area contributed by atoms with Gasteiger partial charge in [0.1, 0.15) is 17.2 Å². The first-order chi connectivity index (χ1) is 8.99. The second kappa shape index (κ2) is 5.79. The molecule has 100 valence electrons. The van der Waals surface area contributed by atoms with Crippen LogP contribution in [0.4, 0.5) is 8.78 Å². The number of carbonyl (C=O) groups excluding carboxylic acids is 1. The molecule has 2 rings (SSSR count). The summed E-state index contributed by atoms with van der Waals surface area (Å²) in [6.07, 6.45) is 0. The third-order valence-corrected chi connectivity index (χ3v) is 4.12. The number of rotatable bonds is 3. The summed E-state index contributed by atoms with van der Waals surface area (Å²) in [5.74, 6) is -2.36. The van der Waals surface area contributed by atoms with Crippen LogP contribution in [0.1, 0.15) is 15.9 Å². The van der Waals surface area contributed by atoms with E-state index in [1.54, 1.807) is 0 Å². The van der Waals surface area contributed by atoms with Gasteiger partial charge in [-0.3, -0.25) is 4.79 Å². The number of halogens is 3. The molecule has 1 amide bonds. The standard InChI is InChI=1S/C13H10BrF2NOS/c1-17(6-8-5-11(14)19-7-8)13(18)12-9(15)3-2-4-10(12)16/h2-5,7H,6H2,1H3. The average Bonchev–Trinajstić information content (AvgIpc) is 2.74. The van der Waals surface area contributed by atoms with Gasteiger partial charge >= 0.3 is 0 Å². The van der Waals surface area contributed by atoms with Gasteiger partial charge in [-0.05, 0) is 45.1 Å². The van der Waals surface area contributed by atoms with Gasteiger partial charge in [-0.1, -0.05) is 6.07 Å². The molecule has 0 aliphatic rings. The Labute approximate surface area is 121 Å². The zero-order chi connectivity index (χ0) is 14.0. The highest BCUT2D eigenvalue weighted by Gasteiger charge is 2.20. The maximum atomic E-state index is 13.5. The van der Waals surface area contributed by atoms with Crippen molar-refractivity contribution in [2.45, 2.75) is 6.54 Å². The van der Waals surface area contributed by atoms with Gasteiger partial charge in [0.2, 0.25) is 0 Å². The van der Waals surface area contributed by atoms with Gasteiger partial charge in [0.15, 0.2) is 0 Å². The molecule has 1 heterocycles. The van der Waals surface area contributed by atoms with Crippen LogP contribution in [0, 0.1) is 11.6 Å². The largest absolute Gasteiger partial charge is 0.337 e. The van der Waals surface area contributed by atoms with E-state index >= 15 is 0 Å². The fourth-order valence-electron chi connectivity index (χ4n) is 1.67. The minimum atomic E-state index is -0.844. The highest BCUT2D eigenvalue weighted by Crippen LogP contribution is 2.22. The first-order valence-corrected chi connectivity index (χ1v) is 7.08. The molecule has 0 spiro atoms. The summed E-state index contributed by atoms with van der Waals surface area (Å²) in [7, 11) is 1.51. The molecule has 1 aromatic carbocycles. The normalized spacial score (nSPS) is 10.5. The van der Waals surface area contributed by atoms with Crippen molar-refractivity contribution in [3.63, 3.8) is 0 Å². The Morgan fingerprint density at radius 1 is 1.37 bits per heavy atom. The third kappa shape index (κ3) is 3.19. The number of nitrogens with zero attached hydrogens (tertiary/aromatic N) is 1. The summed E-state index contributed by atoms with van der Waals surface area (Å²) in [4.78, 5) is 13.3. The lowest BCUT2D eigenvalue weighted by Gasteiger charge is -2.17. The predicted octanol–water partition coefficient (Wildman–Crippen LogP) is 4.06. The molecule has 0 unspecified atom stereocenters. The van der Waals surface area contributed by atoms with Crippen LogP contribution in [0.2, 0.25) is 0 Å². The molecule has 0 atom stereocenters. The Morgan fingerprint density at radius 2 is 2.00 bits per heavy atom. The summed E-state index contributed by atoms with van der Waals surface area (Å²) in [6, 6.07) is 5.25. The fourth-order valence-corrected chi connectivity index (χ4v) is 2.87. The number of thiophene rings is 1. The summed E-state index contributed by atoms with van der Waals surface area (Å²) in [5.41, 5.74) is 0.392. The first kappa shape index (κ1) is 14.1. The second-order valence-corrected chi connectivity index (χ2v) is 6.31. The lowest BCUT2D eigenvalue weighted by molar-refractivity contribution is 0.0775. The third-order valence-electron chi connectivity index (χ3n) is 2.56. The number of hydrogen-bond donors (Lipinski definition) is 0. The van der Waals surface area contributed by atoms with Crippen molar-refractivity contribution < 1.29 is 13.6 Å². The summed E-state index contributed by atoms with van der Waals surface area (Å²) < 4.78 is 28.0. The minimum Gasteiger partial charge on any atom is -0.337 e. The zero-order valence-corrected chi connectivity index (χ0v) is 12.4. The van der Waals surface area contributed by atoms with Gasteiger partial charge in [-0.25, -0.2) is 8.78 Å². The average molecular weight is 346 g/mol. The van der Waals surface area contributed by atoms with Crippen molar-refractivity contribution in [1.82, 2.24) is 4.90 Å². The molecule has 0 fully saturated rings. The van der Waals surface area contributed by atoms with Crippen LogP contribution in [0.5, 0.6) is 0 Å². The Kier molecular flexibility index (Phi) is 4.31. The van der Waals surface area contributed by atoms with Crippen molar-refractivity contribution in [3.8, 4) is 0 Å². The van der Waals surface area contributed by atoms with Crippen LogP contribution < -0.4 is 0 Å². The molecule has 0 bridgehead atoms. The van der Waals surface area contributed by atoms with E-state index in [0.29, 0.717) is 6.54 Å². The number of amides is 1. The maximum Gasteiger partial charge on any atom is 0.259 e. The van der Waals surface area contributed by atoms with Gasteiger partial charge in [0.05, 0.1) is 3.79 Å². The van der Waals surface area contributed by atoms with Crippen molar-refractivity contribution in [2.75, 3.05) is 7.05 Å². The monoisotopic (exact) mass is 345 g/mol. The van der Waals surface area contributed by atoms with E-state index in [1.165, 1.54) is 29.4 Å². The van der Waals surface area contributed by atoms with E-state index in [4.69, 9.17) is 0 Å². The molecule has 0 aliphatic carbocycles. The van der Waals surface area contributed by atoms with E-state index in [1.807, 2.05) is 11.4 Å². The summed E-state index contributed by atoms with van der Waals surface area (Å²) >= 11 is 4.81. The molecular formula is C13H10BrF2NOS. The van der Waals surface area contributed by atoms with Crippen molar-refractivity contribution in [3.05, 3.63) is 56.2 Å². The first-order valence-electron chi connectivity index (χ1n) is 5.41. The maximum absolute atomic E-state index is 13.5. The van der Waals surface area contributed by atoms with Crippen LogP contribution >= 0.6 is 27.3 Å². The number of hydrogen-bond acceptors (Lipinski definition) is 2. The van der Waals surface area contributed by atoms with E-state index in [9.17, 15) is 13.6 Å². The Balaban J connectivity index is 2.19. The van der Waals surface area contributed by atoms with E-state index in [-0.39, 0.29) is 0 Å². The van der Waals surface area contributed by atoms with Gasteiger partial charge in [-0.2, -0.15) is 0 Å². The molecule has 0 saturated carbocycles. The SMILES string of the molecule is CN(Cc1csc(Br)c1)C(=O)c1c(F)cccc1F. The van der Waals surface area contributed by atoms with Gasteiger partial charge in [0.25, 0.3) is 5.91 Å². The van der Waals surface area contributed by atoms with E-state index in [0.717, 1.165) is 21.5 Å². The van der Waals surface area contributed by atoms with Crippen molar-refractivity contribution >= 4 is 33.2 Å². The smallest absolute Gasteiger partial charge is 0.259 e. The van der Waals surface area contributed by atoms with Crippen LogP contribution in [-0.2, 0) is 6.54 Å². The highest BCUT2D eigenvalue weighted by molar-refractivity contribution is 9.11. The molecular weight excluding hydrogens is 336 g/mol. The van der Waals surface area contributed by atoms with Gasteiger partial charge in [0, 0.05) is 13.6 Å². The molecule has 1 aromatic heterocycles. The Morgan fingerprint density at radius 3 is 2.53 bits per heavy atom.